The molecule has 2 heterocycles. The maximum absolute atomic E-state index is 13.4. The largest absolute Gasteiger partial charge is 0.394 e. The van der Waals surface area contributed by atoms with Crippen molar-refractivity contribution in [2.24, 2.45) is 0 Å². The summed E-state index contributed by atoms with van der Waals surface area (Å²) in [5.41, 5.74) is 0. The topological polar surface area (TPSA) is 228 Å². The molecule has 0 bridgehead atoms. The van der Waals surface area contributed by atoms with E-state index in [0.29, 0.717) is 12.8 Å². The van der Waals surface area contributed by atoms with E-state index in [1.54, 1.807) is 6.08 Å². The Balaban J connectivity index is 1.59. The number of hydrogen-bond donors (Lipinski definition) is 9. The van der Waals surface area contributed by atoms with Crippen LogP contribution in [0.15, 0.2) is 85.1 Å². The van der Waals surface area contributed by atoms with Crippen molar-refractivity contribution in [1.82, 2.24) is 5.32 Å². The first kappa shape index (κ1) is 88.3. The first-order chi connectivity index (χ1) is 46.6. The summed E-state index contributed by atoms with van der Waals surface area (Å²) >= 11 is 0. The zero-order valence-electron chi connectivity index (χ0n) is 60.4. The molecule has 0 aromatic rings. The first-order valence-corrected chi connectivity index (χ1v) is 39.3. The number of nitrogens with one attached hydrogen (secondary N) is 1. The molecule has 1 amide bonds. The summed E-state index contributed by atoms with van der Waals surface area (Å²) in [6.45, 7) is 2.70. The third kappa shape index (κ3) is 47.8. The van der Waals surface area contributed by atoms with Crippen LogP contribution in [0.1, 0.15) is 328 Å². The van der Waals surface area contributed by atoms with Gasteiger partial charge in [0.05, 0.1) is 32.0 Å². The Kier molecular flexibility index (Phi) is 60.0. The van der Waals surface area contributed by atoms with Gasteiger partial charge < -0.3 is 65.1 Å². The Morgan fingerprint density at radius 3 is 1.16 bits per heavy atom. The van der Waals surface area contributed by atoms with Crippen molar-refractivity contribution in [2.45, 2.75) is 402 Å². The van der Waals surface area contributed by atoms with Crippen LogP contribution in [-0.2, 0) is 23.7 Å². The second-order valence-corrected chi connectivity index (χ2v) is 27.4. The average molecular weight is 1340 g/mol. The summed E-state index contributed by atoms with van der Waals surface area (Å²) in [6.07, 6.45) is 73.9. The van der Waals surface area contributed by atoms with Crippen molar-refractivity contribution in [2.75, 3.05) is 19.8 Å². The minimum absolute atomic E-state index is 0.249. The van der Waals surface area contributed by atoms with Crippen molar-refractivity contribution in [3.63, 3.8) is 0 Å². The second kappa shape index (κ2) is 64.5. The molecule has 552 valence electrons. The highest BCUT2D eigenvalue weighted by Gasteiger charge is 2.51. The van der Waals surface area contributed by atoms with E-state index in [0.717, 1.165) is 70.6 Å². The van der Waals surface area contributed by atoms with Crippen molar-refractivity contribution in [1.29, 1.82) is 0 Å². The number of amides is 1. The molecule has 9 N–H and O–H groups in total. The van der Waals surface area contributed by atoms with Gasteiger partial charge in [-0.1, -0.05) is 324 Å². The lowest BCUT2D eigenvalue weighted by molar-refractivity contribution is -0.359. The van der Waals surface area contributed by atoms with E-state index in [-0.39, 0.29) is 18.9 Å². The number of aliphatic hydroxyl groups is 8. The molecule has 14 heteroatoms. The van der Waals surface area contributed by atoms with Crippen molar-refractivity contribution in [3.8, 4) is 0 Å². The van der Waals surface area contributed by atoms with Gasteiger partial charge in [0.2, 0.25) is 5.91 Å². The molecule has 2 aliphatic heterocycles. The molecule has 0 aliphatic carbocycles. The summed E-state index contributed by atoms with van der Waals surface area (Å²) < 4.78 is 22.9. The maximum atomic E-state index is 13.4. The lowest BCUT2D eigenvalue weighted by Gasteiger charge is -2.46. The lowest BCUT2D eigenvalue weighted by Crippen LogP contribution is -2.65. The highest BCUT2D eigenvalue weighted by Crippen LogP contribution is 2.30. The van der Waals surface area contributed by atoms with Gasteiger partial charge in [-0.3, -0.25) is 4.79 Å². The smallest absolute Gasteiger partial charge is 0.220 e. The molecule has 12 unspecified atom stereocenters. The normalized spacial score (nSPS) is 22.8. The molecule has 95 heavy (non-hydrogen) atoms. The fourth-order valence-electron chi connectivity index (χ4n) is 12.6. The van der Waals surface area contributed by atoms with Crippen LogP contribution < -0.4 is 5.32 Å². The number of allylic oxidation sites excluding steroid dienone is 13. The van der Waals surface area contributed by atoms with E-state index in [2.05, 4.69) is 92.1 Å². The molecule has 2 aliphatic rings. The van der Waals surface area contributed by atoms with Crippen LogP contribution in [0.25, 0.3) is 0 Å². The Hall–Kier alpha value is -2.83. The molecule has 0 spiro atoms. The lowest BCUT2D eigenvalue weighted by atomic mass is 9.97. The monoisotopic (exact) mass is 1340 g/mol. The molecule has 0 saturated carbocycles. The zero-order chi connectivity index (χ0) is 68.7. The Morgan fingerprint density at radius 1 is 0.389 bits per heavy atom. The fourth-order valence-corrected chi connectivity index (χ4v) is 12.6. The summed E-state index contributed by atoms with van der Waals surface area (Å²) in [7, 11) is 0. The van der Waals surface area contributed by atoms with Crippen LogP contribution in [0.3, 0.4) is 0 Å². The number of unbranched alkanes of at least 4 members (excludes halogenated alkanes) is 40. The van der Waals surface area contributed by atoms with Crippen LogP contribution in [0, 0.1) is 0 Å². The van der Waals surface area contributed by atoms with E-state index >= 15 is 0 Å². The van der Waals surface area contributed by atoms with Gasteiger partial charge >= 0.3 is 0 Å². The predicted molar refractivity (Wildman–Crippen MR) is 392 cm³/mol. The van der Waals surface area contributed by atoms with E-state index in [1.165, 1.54) is 225 Å². The van der Waals surface area contributed by atoms with Crippen LogP contribution in [0.2, 0.25) is 0 Å². The Bertz CT molecular complexity index is 1920. The maximum Gasteiger partial charge on any atom is 0.220 e. The zero-order valence-corrected chi connectivity index (χ0v) is 60.4. The molecule has 0 aromatic heterocycles. The van der Waals surface area contributed by atoms with Gasteiger partial charge in [-0.2, -0.15) is 0 Å². The molecule has 2 fully saturated rings. The van der Waals surface area contributed by atoms with Gasteiger partial charge in [-0.25, -0.2) is 0 Å². The molecule has 2 rings (SSSR count). The van der Waals surface area contributed by atoms with Gasteiger partial charge in [-0.05, 0) is 83.5 Å². The molecule has 14 nitrogen and oxygen atoms in total. The number of hydrogen-bond acceptors (Lipinski definition) is 13. The minimum Gasteiger partial charge on any atom is -0.394 e. The van der Waals surface area contributed by atoms with Crippen LogP contribution in [0.5, 0.6) is 0 Å². The summed E-state index contributed by atoms with van der Waals surface area (Å²) in [5, 5.41) is 87.5. The number of carbonyl (C=O) groups is 1. The van der Waals surface area contributed by atoms with Crippen molar-refractivity contribution < 1.29 is 64.6 Å². The van der Waals surface area contributed by atoms with Gasteiger partial charge in [-0.15, -0.1) is 0 Å². The quantitative estimate of drug-likeness (QED) is 0.0204. The van der Waals surface area contributed by atoms with Crippen molar-refractivity contribution in [3.05, 3.63) is 85.1 Å². The van der Waals surface area contributed by atoms with Gasteiger partial charge in [0.15, 0.2) is 12.6 Å². The van der Waals surface area contributed by atoms with E-state index in [4.69, 9.17) is 18.9 Å². The molecule has 2 saturated heterocycles. The minimum atomic E-state index is -1.80. The Morgan fingerprint density at radius 2 is 0.737 bits per heavy atom. The molecular weight excluding hydrogens is 1190 g/mol. The highest BCUT2D eigenvalue weighted by molar-refractivity contribution is 5.76. The SMILES string of the molecule is CC/C=C\C/C=C\C/C=C\C/C=C\CCCCCCCCCCCCCCCCCCCCCCCCCCCCC(=O)NC(COC1OC(CO)C(OC2OC(CO)C(O)C(O)C2O)C(O)C1O)C(O)/C=C/CC/C=C/CC/C=C/CCCCCCCCCCCCCC. The van der Waals surface area contributed by atoms with Gasteiger partial charge in [0.1, 0.15) is 48.8 Å². The number of ether oxygens (including phenoxy) is 4. The third-order valence-electron chi connectivity index (χ3n) is 18.8. The molecule has 0 aromatic carbocycles. The van der Waals surface area contributed by atoms with Crippen LogP contribution in [-0.4, -0.2) is 140 Å². The first-order valence-electron chi connectivity index (χ1n) is 39.3. The molecular formula is C81H145NO13. The summed E-state index contributed by atoms with van der Waals surface area (Å²) in [5.74, 6) is -0.249. The third-order valence-corrected chi connectivity index (χ3v) is 18.8. The highest BCUT2D eigenvalue weighted by atomic mass is 16.7. The van der Waals surface area contributed by atoms with Crippen LogP contribution in [0.4, 0.5) is 0 Å². The summed E-state index contributed by atoms with van der Waals surface area (Å²) in [6, 6.07) is -0.941. The predicted octanol–water partition coefficient (Wildman–Crippen LogP) is 17.5. The van der Waals surface area contributed by atoms with E-state index in [9.17, 15) is 45.6 Å². The van der Waals surface area contributed by atoms with Crippen LogP contribution >= 0.6 is 0 Å². The molecule has 12 atom stereocenters. The fraction of sp³-hybridized carbons (Fsp3) is 0.815. The van der Waals surface area contributed by atoms with E-state index in [1.807, 2.05) is 6.08 Å². The van der Waals surface area contributed by atoms with Crippen molar-refractivity contribution >= 4 is 5.91 Å². The van der Waals surface area contributed by atoms with Gasteiger partial charge in [0.25, 0.3) is 0 Å². The number of aliphatic hydroxyl groups excluding tert-OH is 8. The number of rotatable bonds is 65. The van der Waals surface area contributed by atoms with E-state index < -0.39 is 86.8 Å². The number of carbonyl (C=O) groups excluding carboxylic acids is 1. The standard InChI is InChI=1S/C81H145NO13/c1-3-5-7-9-11-13-15-17-19-21-23-25-27-28-29-30-31-32-33-34-35-36-37-38-39-40-41-42-43-45-47-49-51-53-55-57-59-61-63-65-73(86)82-69(68-92-80-78(91)76(89)79(72(67-84)94-80)95-81-77(90)75(88)74(87)71(66-83)93-81)70(85)64-62-60-58-56-54-52-50-48-46-44-26-24-22-20-18-16-14-12-10-8-6-4-2/h5,7,11,13,17,19,23,25,46,48,54,56,62,64,69-72,74-81,83-85,87-91H,3-4,6,8-10,12,14-16,18,20-22,24,26-45,47,49-53,55,57-61,63,65-68H2,1-2H3,(H,82,86)/b7-5-,13-11-,19-17-,25-23-,48-46+,56-54+,64-62+. The Labute approximate surface area is 580 Å². The molecule has 0 radical (unpaired) electrons. The second-order valence-electron chi connectivity index (χ2n) is 27.4. The van der Waals surface area contributed by atoms with Gasteiger partial charge in [0, 0.05) is 6.42 Å². The average Bonchev–Trinajstić information content (AvgIpc) is 0.801. The summed E-state index contributed by atoms with van der Waals surface area (Å²) in [4.78, 5) is 13.4.